The monoisotopic (exact) mass is 556 g/mol. The Bertz CT molecular complexity index is 1990. The first kappa shape index (κ1) is 27.8. The predicted molar refractivity (Wildman–Crippen MR) is 188 cm³/mol. The molecule has 0 unspecified atom stereocenters. The molecule has 1 heterocycles. The zero-order valence-electron chi connectivity index (χ0n) is 24.8. The number of aromatic nitrogens is 1. The van der Waals surface area contributed by atoms with Crippen LogP contribution in [0.1, 0.15) is 30.5 Å². The average Bonchev–Trinajstić information content (AvgIpc) is 3.52. The van der Waals surface area contributed by atoms with Crippen molar-refractivity contribution in [2.75, 3.05) is 0 Å². The Morgan fingerprint density at radius 3 is 1.98 bits per heavy atom. The third-order valence-corrected chi connectivity index (χ3v) is 8.10. The fourth-order valence-corrected chi connectivity index (χ4v) is 6.06. The van der Waals surface area contributed by atoms with E-state index < -0.39 is 0 Å². The molecular formula is C41H36N2. The number of H-pyrrole nitrogens is 1. The third-order valence-electron chi connectivity index (χ3n) is 8.10. The van der Waals surface area contributed by atoms with Gasteiger partial charge in [0, 0.05) is 11.9 Å². The summed E-state index contributed by atoms with van der Waals surface area (Å²) in [6, 6.07) is 35.4. The number of allylic oxidation sites excluding steroid dienone is 4. The van der Waals surface area contributed by atoms with Crippen LogP contribution in [0, 0.1) is 0 Å². The smallest absolute Gasteiger partial charge is 0.0457 e. The first-order valence-corrected chi connectivity index (χ1v) is 14.8. The van der Waals surface area contributed by atoms with Crippen LogP contribution >= 0.6 is 0 Å². The maximum atomic E-state index is 5.54. The quantitative estimate of drug-likeness (QED) is 0.142. The van der Waals surface area contributed by atoms with E-state index in [1.165, 1.54) is 60.5 Å². The van der Waals surface area contributed by atoms with Crippen LogP contribution in [-0.2, 0) is 6.42 Å². The van der Waals surface area contributed by atoms with E-state index in [0.717, 1.165) is 23.3 Å². The SMILES string of the molecule is C=Cc1ccc(-c2c3ccccc3c(-c3cccc(-c4cc(C/C=C(C)\C=C/N)c[nH]4)c3)c3ccccc23)cc1/C=C\C. The van der Waals surface area contributed by atoms with Crippen LogP contribution in [0.2, 0.25) is 0 Å². The van der Waals surface area contributed by atoms with E-state index in [-0.39, 0.29) is 0 Å². The molecule has 0 radical (unpaired) electrons. The van der Waals surface area contributed by atoms with E-state index in [9.17, 15) is 0 Å². The van der Waals surface area contributed by atoms with Gasteiger partial charge in [-0.05, 0) is 117 Å². The van der Waals surface area contributed by atoms with Crippen LogP contribution < -0.4 is 5.73 Å². The first-order valence-electron chi connectivity index (χ1n) is 14.8. The Morgan fingerprint density at radius 2 is 1.37 bits per heavy atom. The highest BCUT2D eigenvalue weighted by Gasteiger charge is 2.17. The van der Waals surface area contributed by atoms with Crippen LogP contribution in [0.5, 0.6) is 0 Å². The number of nitrogens with two attached hydrogens (primary N) is 1. The van der Waals surface area contributed by atoms with Crippen LogP contribution in [0.25, 0.3) is 67.2 Å². The van der Waals surface area contributed by atoms with Crippen LogP contribution in [-0.4, -0.2) is 4.98 Å². The van der Waals surface area contributed by atoms with Gasteiger partial charge in [0.05, 0.1) is 0 Å². The minimum atomic E-state index is 0.854. The van der Waals surface area contributed by atoms with Gasteiger partial charge >= 0.3 is 0 Å². The largest absolute Gasteiger partial charge is 0.405 e. The Balaban J connectivity index is 1.52. The zero-order valence-corrected chi connectivity index (χ0v) is 24.8. The van der Waals surface area contributed by atoms with E-state index >= 15 is 0 Å². The Morgan fingerprint density at radius 1 is 0.744 bits per heavy atom. The number of benzene rings is 5. The molecule has 6 rings (SSSR count). The molecule has 210 valence electrons. The topological polar surface area (TPSA) is 41.8 Å². The maximum absolute atomic E-state index is 5.54. The molecular weight excluding hydrogens is 520 g/mol. The van der Waals surface area contributed by atoms with Crippen molar-refractivity contribution in [2.24, 2.45) is 5.73 Å². The van der Waals surface area contributed by atoms with Gasteiger partial charge in [-0.3, -0.25) is 0 Å². The van der Waals surface area contributed by atoms with Gasteiger partial charge in [0.15, 0.2) is 0 Å². The summed E-state index contributed by atoms with van der Waals surface area (Å²) in [5.41, 5.74) is 17.4. The molecule has 0 aliphatic heterocycles. The Hall–Kier alpha value is -5.34. The molecule has 0 fully saturated rings. The van der Waals surface area contributed by atoms with Crippen molar-refractivity contribution in [1.29, 1.82) is 0 Å². The predicted octanol–water partition coefficient (Wildman–Crippen LogP) is 11.0. The zero-order chi connectivity index (χ0) is 29.8. The number of nitrogens with one attached hydrogen (secondary N) is 1. The lowest BCUT2D eigenvalue weighted by Gasteiger charge is -2.18. The van der Waals surface area contributed by atoms with Crippen molar-refractivity contribution in [3.05, 3.63) is 157 Å². The molecule has 2 nitrogen and oxygen atoms in total. The summed E-state index contributed by atoms with van der Waals surface area (Å²) in [4.78, 5) is 3.50. The van der Waals surface area contributed by atoms with E-state index in [1.807, 2.05) is 12.2 Å². The molecule has 43 heavy (non-hydrogen) atoms. The van der Waals surface area contributed by atoms with Crippen molar-refractivity contribution in [3.8, 4) is 33.5 Å². The van der Waals surface area contributed by atoms with Crippen LogP contribution in [0.15, 0.2) is 140 Å². The number of rotatable bonds is 8. The van der Waals surface area contributed by atoms with Crippen molar-refractivity contribution in [3.63, 3.8) is 0 Å². The van der Waals surface area contributed by atoms with E-state index in [0.29, 0.717) is 0 Å². The summed E-state index contributed by atoms with van der Waals surface area (Å²) in [6.45, 7) is 8.15. The molecule has 0 bridgehead atoms. The van der Waals surface area contributed by atoms with Gasteiger partial charge in [-0.2, -0.15) is 0 Å². The van der Waals surface area contributed by atoms with Gasteiger partial charge < -0.3 is 10.7 Å². The van der Waals surface area contributed by atoms with Crippen molar-refractivity contribution < 1.29 is 0 Å². The second-order valence-corrected chi connectivity index (χ2v) is 10.9. The lowest BCUT2D eigenvalue weighted by atomic mass is 9.85. The molecule has 0 amide bonds. The lowest BCUT2D eigenvalue weighted by molar-refractivity contribution is 1.24. The number of fused-ring (bicyclic) bond motifs is 2. The maximum Gasteiger partial charge on any atom is 0.0457 e. The molecule has 0 atom stereocenters. The Kier molecular flexibility index (Phi) is 7.93. The number of hydrogen-bond acceptors (Lipinski definition) is 1. The highest BCUT2D eigenvalue weighted by Crippen LogP contribution is 2.44. The van der Waals surface area contributed by atoms with Crippen LogP contribution in [0.3, 0.4) is 0 Å². The normalized spacial score (nSPS) is 12.2. The Labute approximate surface area is 254 Å². The van der Waals surface area contributed by atoms with Crippen molar-refractivity contribution >= 4 is 33.7 Å². The lowest BCUT2D eigenvalue weighted by Crippen LogP contribution is -1.92. The van der Waals surface area contributed by atoms with Gasteiger partial charge in [-0.15, -0.1) is 0 Å². The minimum Gasteiger partial charge on any atom is -0.405 e. The molecule has 0 saturated carbocycles. The first-order chi connectivity index (χ1) is 21.1. The molecule has 1 aromatic heterocycles. The average molecular weight is 557 g/mol. The summed E-state index contributed by atoms with van der Waals surface area (Å²) in [6.07, 6.45) is 14.8. The minimum absolute atomic E-state index is 0.854. The number of aromatic amines is 1. The molecule has 2 heteroatoms. The van der Waals surface area contributed by atoms with Crippen molar-refractivity contribution in [2.45, 2.75) is 20.3 Å². The molecule has 0 spiro atoms. The molecule has 3 N–H and O–H groups in total. The van der Waals surface area contributed by atoms with Gasteiger partial charge in [-0.25, -0.2) is 0 Å². The van der Waals surface area contributed by atoms with E-state index in [2.05, 4.69) is 147 Å². The highest BCUT2D eigenvalue weighted by atomic mass is 14.7. The summed E-state index contributed by atoms with van der Waals surface area (Å²) >= 11 is 0. The summed E-state index contributed by atoms with van der Waals surface area (Å²) in [5, 5.41) is 4.98. The van der Waals surface area contributed by atoms with Crippen molar-refractivity contribution in [1.82, 2.24) is 4.98 Å². The van der Waals surface area contributed by atoms with Crippen LogP contribution in [0.4, 0.5) is 0 Å². The number of hydrogen-bond donors (Lipinski definition) is 2. The molecule has 0 aliphatic carbocycles. The molecule has 6 aromatic rings. The van der Waals surface area contributed by atoms with Gasteiger partial charge in [0.1, 0.15) is 0 Å². The fourth-order valence-electron chi connectivity index (χ4n) is 6.06. The molecule has 5 aromatic carbocycles. The summed E-state index contributed by atoms with van der Waals surface area (Å²) in [5.74, 6) is 0. The van der Waals surface area contributed by atoms with E-state index in [4.69, 9.17) is 5.73 Å². The summed E-state index contributed by atoms with van der Waals surface area (Å²) in [7, 11) is 0. The highest BCUT2D eigenvalue weighted by molar-refractivity contribution is 6.21. The van der Waals surface area contributed by atoms with Gasteiger partial charge in [0.2, 0.25) is 0 Å². The van der Waals surface area contributed by atoms with E-state index in [1.54, 1.807) is 6.20 Å². The molecule has 0 aliphatic rings. The second-order valence-electron chi connectivity index (χ2n) is 10.9. The second kappa shape index (κ2) is 12.3. The van der Waals surface area contributed by atoms with Gasteiger partial charge in [0.25, 0.3) is 0 Å². The standard InChI is InChI=1S/C41H36N2/c1-4-11-31-25-34(21-20-30(31)5-2)41-37-16-8-6-14-35(37)40(36-15-7-9-17-38(36)41)33-13-10-12-32(26-33)39-24-29(27-43-39)19-18-28(3)22-23-42/h4-18,20-27,43H,2,19,42H2,1,3H3/b11-4-,23-22-,28-18-. The summed E-state index contributed by atoms with van der Waals surface area (Å²) < 4.78 is 0. The van der Waals surface area contributed by atoms with Gasteiger partial charge in [-0.1, -0.05) is 115 Å². The molecule has 0 saturated heterocycles. The third kappa shape index (κ3) is 5.48. The fraction of sp³-hybridized carbons (Fsp3) is 0.0732.